The van der Waals surface area contributed by atoms with Gasteiger partial charge in [0.1, 0.15) is 6.04 Å². The summed E-state index contributed by atoms with van der Waals surface area (Å²) >= 11 is 0. The van der Waals surface area contributed by atoms with Crippen LogP contribution in [0.5, 0.6) is 0 Å². The van der Waals surface area contributed by atoms with Gasteiger partial charge in [0.2, 0.25) is 11.8 Å². The summed E-state index contributed by atoms with van der Waals surface area (Å²) in [5.74, 6) is 0.101. The predicted octanol–water partition coefficient (Wildman–Crippen LogP) is 2.43. The number of carbonyl (C=O) groups is 2. The highest BCUT2D eigenvalue weighted by atomic mass is 16.2. The molecule has 1 aromatic rings. The fourth-order valence-electron chi connectivity index (χ4n) is 3.53. The number of amides is 2. The van der Waals surface area contributed by atoms with Crippen LogP contribution in [-0.2, 0) is 22.6 Å². The summed E-state index contributed by atoms with van der Waals surface area (Å²) in [6.07, 6.45) is 7.46. The average molecular weight is 312 g/mol. The number of rotatable bonds is 3. The van der Waals surface area contributed by atoms with Gasteiger partial charge in [0.25, 0.3) is 0 Å². The number of hydrogen-bond donors (Lipinski definition) is 1. The molecule has 0 bridgehead atoms. The number of likely N-dealkylation sites (N-methyl/N-ethyl adjacent to an activating group) is 1. The van der Waals surface area contributed by atoms with E-state index in [4.69, 9.17) is 0 Å². The van der Waals surface area contributed by atoms with Crippen LogP contribution in [0.15, 0.2) is 36.4 Å². The van der Waals surface area contributed by atoms with E-state index in [0.29, 0.717) is 19.5 Å². The van der Waals surface area contributed by atoms with Crippen molar-refractivity contribution in [3.8, 4) is 0 Å². The van der Waals surface area contributed by atoms with Crippen molar-refractivity contribution in [2.24, 2.45) is 5.92 Å². The normalized spacial score (nSPS) is 23.3. The first-order valence-electron chi connectivity index (χ1n) is 8.50. The Balaban J connectivity index is 1.86. The topological polar surface area (TPSA) is 49.4 Å². The highest BCUT2D eigenvalue weighted by Gasteiger charge is 2.36. The molecule has 0 unspecified atom stereocenters. The molecule has 0 saturated heterocycles. The summed E-state index contributed by atoms with van der Waals surface area (Å²) in [6, 6.07) is 7.73. The molecule has 122 valence electrons. The molecular formula is C19H24N2O2. The van der Waals surface area contributed by atoms with Crippen LogP contribution >= 0.6 is 0 Å². The van der Waals surface area contributed by atoms with E-state index in [2.05, 4.69) is 29.6 Å². The van der Waals surface area contributed by atoms with Crippen molar-refractivity contribution in [1.29, 1.82) is 0 Å². The zero-order chi connectivity index (χ0) is 16.2. The van der Waals surface area contributed by atoms with Gasteiger partial charge in [0.05, 0.1) is 0 Å². The second-order valence-electron chi connectivity index (χ2n) is 6.33. The Hall–Kier alpha value is -2.10. The highest BCUT2D eigenvalue weighted by molar-refractivity contribution is 5.89. The van der Waals surface area contributed by atoms with E-state index >= 15 is 0 Å². The van der Waals surface area contributed by atoms with Gasteiger partial charge in [-0.05, 0) is 37.3 Å². The maximum absolute atomic E-state index is 13.0. The van der Waals surface area contributed by atoms with Crippen molar-refractivity contribution in [1.82, 2.24) is 10.2 Å². The quantitative estimate of drug-likeness (QED) is 0.872. The molecule has 1 aliphatic carbocycles. The molecule has 2 amide bonds. The molecule has 0 radical (unpaired) electrons. The molecule has 1 aliphatic heterocycles. The van der Waals surface area contributed by atoms with Crippen molar-refractivity contribution in [2.45, 2.75) is 45.2 Å². The van der Waals surface area contributed by atoms with Gasteiger partial charge in [0, 0.05) is 25.4 Å². The van der Waals surface area contributed by atoms with Crippen LogP contribution in [-0.4, -0.2) is 29.3 Å². The van der Waals surface area contributed by atoms with Crippen LogP contribution in [0.25, 0.3) is 0 Å². The summed E-state index contributed by atoms with van der Waals surface area (Å²) in [5.41, 5.74) is 2.34. The third-order valence-corrected chi connectivity index (χ3v) is 4.80. The lowest BCUT2D eigenvalue weighted by molar-refractivity contribution is -0.145. The van der Waals surface area contributed by atoms with Gasteiger partial charge in [-0.15, -0.1) is 0 Å². The Morgan fingerprint density at radius 2 is 2.00 bits per heavy atom. The molecule has 0 saturated carbocycles. The molecule has 1 heterocycles. The third kappa shape index (κ3) is 3.31. The minimum atomic E-state index is -0.386. The van der Waals surface area contributed by atoms with Crippen LogP contribution in [0, 0.1) is 5.92 Å². The minimum absolute atomic E-state index is 0.0159. The van der Waals surface area contributed by atoms with Crippen molar-refractivity contribution in [3.05, 3.63) is 47.5 Å². The minimum Gasteiger partial charge on any atom is -0.355 e. The van der Waals surface area contributed by atoms with Crippen LogP contribution in [0.2, 0.25) is 0 Å². The summed E-state index contributed by atoms with van der Waals surface area (Å²) in [5, 5.41) is 2.89. The number of nitrogens with zero attached hydrogens (tertiary/aromatic N) is 1. The largest absolute Gasteiger partial charge is 0.355 e. The predicted molar refractivity (Wildman–Crippen MR) is 89.6 cm³/mol. The van der Waals surface area contributed by atoms with Crippen LogP contribution < -0.4 is 5.32 Å². The first-order valence-corrected chi connectivity index (χ1v) is 8.50. The zero-order valence-electron chi connectivity index (χ0n) is 13.6. The van der Waals surface area contributed by atoms with E-state index in [-0.39, 0.29) is 23.8 Å². The number of benzene rings is 1. The van der Waals surface area contributed by atoms with Gasteiger partial charge in [0.15, 0.2) is 0 Å². The molecule has 1 aromatic carbocycles. The molecule has 3 rings (SSSR count). The molecule has 2 aliphatic rings. The molecular weight excluding hydrogens is 288 g/mol. The van der Waals surface area contributed by atoms with Gasteiger partial charge in [-0.3, -0.25) is 9.59 Å². The van der Waals surface area contributed by atoms with Gasteiger partial charge in [-0.1, -0.05) is 36.4 Å². The monoisotopic (exact) mass is 312 g/mol. The third-order valence-electron chi connectivity index (χ3n) is 4.80. The Labute approximate surface area is 137 Å². The van der Waals surface area contributed by atoms with Crippen molar-refractivity contribution >= 4 is 11.8 Å². The molecule has 1 N–H and O–H groups in total. The number of hydrogen-bond acceptors (Lipinski definition) is 2. The molecule has 0 spiro atoms. The first-order chi connectivity index (χ1) is 11.2. The van der Waals surface area contributed by atoms with E-state index in [9.17, 15) is 9.59 Å². The fourth-order valence-corrected chi connectivity index (χ4v) is 3.53. The lowest BCUT2D eigenvalue weighted by Gasteiger charge is -2.38. The molecule has 4 nitrogen and oxygen atoms in total. The highest BCUT2D eigenvalue weighted by Crippen LogP contribution is 2.28. The second-order valence-corrected chi connectivity index (χ2v) is 6.33. The van der Waals surface area contributed by atoms with E-state index in [1.54, 1.807) is 4.90 Å². The zero-order valence-corrected chi connectivity index (χ0v) is 13.6. The van der Waals surface area contributed by atoms with Gasteiger partial charge >= 0.3 is 0 Å². The molecule has 0 fully saturated rings. The number of fused-ring (bicyclic) bond motifs is 1. The maximum Gasteiger partial charge on any atom is 0.243 e. The first kappa shape index (κ1) is 15.8. The Morgan fingerprint density at radius 1 is 1.22 bits per heavy atom. The summed E-state index contributed by atoms with van der Waals surface area (Å²) in [7, 11) is 0. The standard InChI is InChI=1S/C19H24N2O2/c1-2-20-18(22)17-12-15-10-6-7-11-16(15)13-21(17)19(23)14-8-4-3-5-9-14/h3-4,6-7,10-11,14,17H,2,5,8-9,12-13H2,1H3,(H,20,22)/t14-,17-/m1/s1. The summed E-state index contributed by atoms with van der Waals surface area (Å²) < 4.78 is 0. The van der Waals surface area contributed by atoms with Crippen molar-refractivity contribution in [2.75, 3.05) is 6.54 Å². The fraction of sp³-hybridized carbons (Fsp3) is 0.474. The van der Waals surface area contributed by atoms with Gasteiger partial charge in [-0.2, -0.15) is 0 Å². The number of carbonyl (C=O) groups excluding carboxylic acids is 2. The maximum atomic E-state index is 13.0. The molecule has 23 heavy (non-hydrogen) atoms. The Kier molecular flexibility index (Phi) is 4.79. The SMILES string of the molecule is CCNC(=O)[C@H]1Cc2ccccc2CN1C(=O)[C@@H]1CC=CCC1. The van der Waals surface area contributed by atoms with Crippen molar-refractivity contribution < 1.29 is 9.59 Å². The van der Waals surface area contributed by atoms with E-state index in [0.717, 1.165) is 24.8 Å². The van der Waals surface area contributed by atoms with Gasteiger partial charge < -0.3 is 10.2 Å². The second kappa shape index (κ2) is 6.99. The number of allylic oxidation sites excluding steroid dienone is 2. The van der Waals surface area contributed by atoms with E-state index < -0.39 is 0 Å². The van der Waals surface area contributed by atoms with Gasteiger partial charge in [-0.25, -0.2) is 0 Å². The lowest BCUT2D eigenvalue weighted by atomic mass is 9.88. The smallest absolute Gasteiger partial charge is 0.243 e. The number of nitrogens with one attached hydrogen (secondary N) is 1. The Bertz CT molecular complexity index is 624. The Morgan fingerprint density at radius 3 is 2.70 bits per heavy atom. The van der Waals surface area contributed by atoms with E-state index in [1.807, 2.05) is 19.1 Å². The molecule has 0 aromatic heterocycles. The van der Waals surface area contributed by atoms with Crippen LogP contribution in [0.3, 0.4) is 0 Å². The van der Waals surface area contributed by atoms with Crippen molar-refractivity contribution in [3.63, 3.8) is 0 Å². The average Bonchev–Trinajstić information content (AvgIpc) is 2.61. The lowest BCUT2D eigenvalue weighted by Crippen LogP contribution is -2.54. The molecule has 4 heteroatoms. The molecule has 2 atom stereocenters. The summed E-state index contributed by atoms with van der Waals surface area (Å²) in [6.45, 7) is 3.04. The van der Waals surface area contributed by atoms with E-state index in [1.165, 1.54) is 5.56 Å². The van der Waals surface area contributed by atoms with Crippen LogP contribution in [0.4, 0.5) is 0 Å². The van der Waals surface area contributed by atoms with Crippen LogP contribution in [0.1, 0.15) is 37.3 Å². The summed E-state index contributed by atoms with van der Waals surface area (Å²) in [4.78, 5) is 27.3.